The first-order valence-corrected chi connectivity index (χ1v) is 4.65. The molecule has 0 unspecified atom stereocenters. The Labute approximate surface area is 92.8 Å². The molecule has 0 aliphatic rings. The van der Waals surface area contributed by atoms with Gasteiger partial charge in [0.2, 0.25) is 0 Å². The number of allylic oxidation sites excluding steroid dienone is 1. The van der Waals surface area contributed by atoms with Crippen LogP contribution in [0.3, 0.4) is 0 Å². The first-order valence-electron chi connectivity index (χ1n) is 4.24. The van der Waals surface area contributed by atoms with Crippen molar-refractivity contribution >= 4 is 29.0 Å². The molecule has 15 heavy (non-hydrogen) atoms. The summed E-state index contributed by atoms with van der Waals surface area (Å²) in [5.41, 5.74) is 1.54. The Morgan fingerprint density at radius 3 is 2.93 bits per heavy atom. The highest BCUT2D eigenvalue weighted by molar-refractivity contribution is 7.78. The molecule has 4 heteroatoms. The highest BCUT2D eigenvalue weighted by atomic mass is 32.1. The molecule has 0 amide bonds. The Bertz CT molecular complexity index is 448. The van der Waals surface area contributed by atoms with Crippen molar-refractivity contribution in [1.29, 1.82) is 0 Å². The van der Waals surface area contributed by atoms with Gasteiger partial charge in [-0.15, -0.1) is 6.58 Å². The van der Waals surface area contributed by atoms with E-state index in [1.807, 2.05) is 0 Å². The molecule has 0 saturated heterocycles. The van der Waals surface area contributed by atoms with Crippen LogP contribution < -0.4 is 0 Å². The SMILES string of the molecule is C=CCc1cc(N=C=S)ccc1C(=O)O. The molecular formula is C11H9NO2S. The second-order valence-electron chi connectivity index (χ2n) is 2.84. The van der Waals surface area contributed by atoms with Crippen molar-refractivity contribution in [1.82, 2.24) is 0 Å². The van der Waals surface area contributed by atoms with Crippen LogP contribution in [0.5, 0.6) is 0 Å². The summed E-state index contributed by atoms with van der Waals surface area (Å²) < 4.78 is 0. The Balaban J connectivity index is 3.25. The number of hydrogen-bond donors (Lipinski definition) is 1. The number of isothiocyanates is 1. The predicted molar refractivity (Wildman–Crippen MR) is 62.0 cm³/mol. The third-order valence-corrected chi connectivity index (χ3v) is 1.95. The fraction of sp³-hybridized carbons (Fsp3) is 0.0909. The van der Waals surface area contributed by atoms with Gasteiger partial charge in [-0.05, 0) is 42.4 Å². The molecule has 1 aromatic carbocycles. The normalized spacial score (nSPS) is 9.07. The molecule has 0 aliphatic heterocycles. The van der Waals surface area contributed by atoms with Crippen LogP contribution in [0.4, 0.5) is 5.69 Å². The minimum absolute atomic E-state index is 0.262. The van der Waals surface area contributed by atoms with E-state index in [-0.39, 0.29) is 5.56 Å². The molecule has 1 rings (SSSR count). The smallest absolute Gasteiger partial charge is 0.335 e. The van der Waals surface area contributed by atoms with Crippen molar-refractivity contribution in [2.75, 3.05) is 0 Å². The van der Waals surface area contributed by atoms with Crippen molar-refractivity contribution in [2.24, 2.45) is 4.99 Å². The van der Waals surface area contributed by atoms with Crippen molar-refractivity contribution in [2.45, 2.75) is 6.42 Å². The molecule has 3 nitrogen and oxygen atoms in total. The summed E-state index contributed by atoms with van der Waals surface area (Å²) in [6.45, 7) is 3.57. The number of thiocarbonyl (C=S) groups is 1. The maximum absolute atomic E-state index is 10.9. The standard InChI is InChI=1S/C11H9NO2S/c1-2-3-8-6-9(12-7-15)4-5-10(8)11(13)14/h2,4-6H,1,3H2,(H,13,14). The molecule has 0 atom stereocenters. The summed E-state index contributed by atoms with van der Waals surface area (Å²) >= 11 is 4.47. The predicted octanol–water partition coefficient (Wildman–Crippen LogP) is 2.85. The Hall–Kier alpha value is -1.77. The molecule has 0 aromatic heterocycles. The molecular weight excluding hydrogens is 210 g/mol. The van der Waals surface area contributed by atoms with Gasteiger partial charge in [-0.2, -0.15) is 4.99 Å². The fourth-order valence-corrected chi connectivity index (χ4v) is 1.34. The lowest BCUT2D eigenvalue weighted by Gasteiger charge is -2.03. The second-order valence-corrected chi connectivity index (χ2v) is 3.03. The molecule has 0 radical (unpaired) electrons. The number of carboxylic acids is 1. The molecule has 1 aromatic rings. The summed E-state index contributed by atoms with van der Waals surface area (Å²) in [7, 11) is 0. The summed E-state index contributed by atoms with van der Waals surface area (Å²) in [5.74, 6) is -0.954. The van der Waals surface area contributed by atoms with Gasteiger partial charge in [0.15, 0.2) is 0 Å². The van der Waals surface area contributed by atoms with Gasteiger partial charge in [0.25, 0.3) is 0 Å². The van der Waals surface area contributed by atoms with Gasteiger partial charge in [-0.3, -0.25) is 0 Å². The van der Waals surface area contributed by atoms with E-state index in [0.717, 1.165) is 0 Å². The van der Waals surface area contributed by atoms with Crippen molar-refractivity contribution < 1.29 is 9.90 Å². The maximum Gasteiger partial charge on any atom is 0.335 e. The highest BCUT2D eigenvalue weighted by Crippen LogP contribution is 2.19. The van der Waals surface area contributed by atoms with E-state index in [0.29, 0.717) is 17.7 Å². The number of carboxylic acid groups (broad SMARTS) is 1. The number of hydrogen-bond acceptors (Lipinski definition) is 3. The largest absolute Gasteiger partial charge is 0.478 e. The molecule has 0 bridgehead atoms. The molecule has 0 fully saturated rings. The fourth-order valence-electron chi connectivity index (χ4n) is 1.24. The van der Waals surface area contributed by atoms with E-state index in [1.165, 1.54) is 6.07 Å². The van der Waals surface area contributed by atoms with Crippen LogP contribution in [0.15, 0.2) is 35.8 Å². The Morgan fingerprint density at radius 2 is 2.40 bits per heavy atom. The summed E-state index contributed by atoms with van der Waals surface area (Å²) in [6, 6.07) is 4.77. The van der Waals surface area contributed by atoms with Gasteiger partial charge in [-0.1, -0.05) is 6.08 Å². The van der Waals surface area contributed by atoms with Crippen molar-refractivity contribution in [3.8, 4) is 0 Å². The zero-order valence-electron chi connectivity index (χ0n) is 7.93. The van der Waals surface area contributed by atoms with Gasteiger partial charge in [0.05, 0.1) is 16.4 Å². The molecule has 0 spiro atoms. The van der Waals surface area contributed by atoms with Crippen LogP contribution in [0.2, 0.25) is 0 Å². The summed E-state index contributed by atoms with van der Waals surface area (Å²) in [6.07, 6.45) is 2.13. The average molecular weight is 219 g/mol. The molecule has 0 heterocycles. The maximum atomic E-state index is 10.9. The summed E-state index contributed by atoms with van der Waals surface area (Å²) in [4.78, 5) is 14.7. The zero-order valence-corrected chi connectivity index (χ0v) is 8.75. The van der Waals surface area contributed by atoms with Crippen LogP contribution in [0.1, 0.15) is 15.9 Å². The quantitative estimate of drug-likeness (QED) is 0.481. The van der Waals surface area contributed by atoms with Crippen molar-refractivity contribution in [3.05, 3.63) is 42.0 Å². The van der Waals surface area contributed by atoms with Gasteiger partial charge in [0.1, 0.15) is 0 Å². The van der Waals surface area contributed by atoms with E-state index in [9.17, 15) is 4.79 Å². The highest BCUT2D eigenvalue weighted by Gasteiger charge is 2.08. The van der Waals surface area contributed by atoms with Gasteiger partial charge in [0, 0.05) is 0 Å². The van der Waals surface area contributed by atoms with E-state index < -0.39 is 5.97 Å². The minimum atomic E-state index is -0.954. The van der Waals surface area contributed by atoms with E-state index >= 15 is 0 Å². The second kappa shape index (κ2) is 5.20. The van der Waals surface area contributed by atoms with Gasteiger partial charge >= 0.3 is 5.97 Å². The lowest BCUT2D eigenvalue weighted by Crippen LogP contribution is -2.01. The molecule has 0 aliphatic carbocycles. The third kappa shape index (κ3) is 2.84. The van der Waals surface area contributed by atoms with Crippen LogP contribution in [-0.2, 0) is 6.42 Å². The number of rotatable bonds is 4. The van der Waals surface area contributed by atoms with Crippen LogP contribution in [-0.4, -0.2) is 16.2 Å². The Morgan fingerprint density at radius 1 is 1.67 bits per heavy atom. The number of nitrogens with zero attached hydrogens (tertiary/aromatic N) is 1. The topological polar surface area (TPSA) is 49.7 Å². The number of aliphatic imine (C=N–C) groups is 1. The monoisotopic (exact) mass is 219 g/mol. The molecule has 0 saturated carbocycles. The van der Waals surface area contributed by atoms with E-state index in [4.69, 9.17) is 5.11 Å². The minimum Gasteiger partial charge on any atom is -0.478 e. The number of aromatic carboxylic acids is 1. The van der Waals surface area contributed by atoms with E-state index in [1.54, 1.807) is 18.2 Å². The van der Waals surface area contributed by atoms with E-state index in [2.05, 4.69) is 29.0 Å². The first-order chi connectivity index (χ1) is 7.19. The van der Waals surface area contributed by atoms with Gasteiger partial charge in [-0.25, -0.2) is 4.79 Å². The van der Waals surface area contributed by atoms with Gasteiger partial charge < -0.3 is 5.11 Å². The van der Waals surface area contributed by atoms with Crippen LogP contribution >= 0.6 is 12.2 Å². The third-order valence-electron chi connectivity index (χ3n) is 1.86. The lowest BCUT2D eigenvalue weighted by molar-refractivity contribution is 0.0696. The Kier molecular flexibility index (Phi) is 3.92. The van der Waals surface area contributed by atoms with Crippen LogP contribution in [0.25, 0.3) is 0 Å². The first kappa shape index (κ1) is 11.3. The zero-order chi connectivity index (χ0) is 11.3. The lowest BCUT2D eigenvalue weighted by atomic mass is 10.0. The number of benzene rings is 1. The van der Waals surface area contributed by atoms with Crippen LogP contribution in [0, 0.1) is 0 Å². The van der Waals surface area contributed by atoms with Crippen molar-refractivity contribution in [3.63, 3.8) is 0 Å². The molecule has 76 valence electrons. The average Bonchev–Trinajstić information content (AvgIpc) is 2.18. The molecule has 1 N–H and O–H groups in total. The summed E-state index contributed by atoms with van der Waals surface area (Å²) in [5, 5.41) is 11.1. The number of carbonyl (C=O) groups is 1.